The third kappa shape index (κ3) is 3.25. The van der Waals surface area contributed by atoms with Crippen molar-refractivity contribution in [3.8, 4) is 6.07 Å². The maximum absolute atomic E-state index is 12.0. The summed E-state index contributed by atoms with van der Waals surface area (Å²) in [5.41, 5.74) is 0.420. The lowest BCUT2D eigenvalue weighted by Gasteiger charge is -2.07. The molecule has 1 aromatic heterocycles. The average molecular weight is 379 g/mol. The summed E-state index contributed by atoms with van der Waals surface area (Å²) in [7, 11) is -3.78. The minimum atomic E-state index is -3.78. The predicted octanol–water partition coefficient (Wildman–Crippen LogP) is 3.23. The van der Waals surface area contributed by atoms with Gasteiger partial charge >= 0.3 is 0 Å². The number of aromatic nitrogens is 1. The van der Waals surface area contributed by atoms with E-state index in [4.69, 9.17) is 16.9 Å². The molecule has 0 unspecified atom stereocenters. The molecule has 0 atom stereocenters. The Morgan fingerprint density at radius 3 is 2.79 bits per heavy atom. The van der Waals surface area contributed by atoms with Crippen molar-refractivity contribution in [1.29, 1.82) is 5.26 Å². The Morgan fingerprint density at radius 2 is 2.21 bits per heavy atom. The van der Waals surface area contributed by atoms with Crippen LogP contribution in [0.3, 0.4) is 0 Å². The third-order valence-electron chi connectivity index (χ3n) is 2.07. The van der Waals surface area contributed by atoms with Gasteiger partial charge in [0.1, 0.15) is 6.07 Å². The minimum Gasteiger partial charge on any atom is -0.278 e. The van der Waals surface area contributed by atoms with E-state index in [1.807, 2.05) is 6.07 Å². The highest BCUT2D eigenvalue weighted by atomic mass is 79.9. The number of anilines is 1. The van der Waals surface area contributed by atoms with Crippen LogP contribution < -0.4 is 4.72 Å². The molecule has 0 spiro atoms. The number of nitrogens with one attached hydrogen (secondary N) is 1. The smallest absolute Gasteiger partial charge is 0.273 e. The number of nitrogens with zero attached hydrogens (tertiary/aromatic N) is 2. The predicted molar refractivity (Wildman–Crippen MR) is 76.8 cm³/mol. The second-order valence-corrected chi connectivity index (χ2v) is 7.78. The van der Waals surface area contributed by atoms with Crippen molar-refractivity contribution in [2.24, 2.45) is 0 Å². The molecule has 2 aromatic rings. The van der Waals surface area contributed by atoms with Crippen LogP contribution >= 0.6 is 38.9 Å². The number of halogens is 2. The normalized spacial score (nSPS) is 11.0. The summed E-state index contributed by atoms with van der Waals surface area (Å²) in [5.74, 6) is 0. The van der Waals surface area contributed by atoms with Crippen LogP contribution in [-0.4, -0.2) is 13.4 Å². The van der Waals surface area contributed by atoms with Crippen LogP contribution in [-0.2, 0) is 10.0 Å². The molecule has 1 N–H and O–H groups in total. The summed E-state index contributed by atoms with van der Waals surface area (Å²) >= 11 is 9.66. The number of nitriles is 1. The largest absolute Gasteiger partial charge is 0.278 e. The van der Waals surface area contributed by atoms with Gasteiger partial charge in [0.2, 0.25) is 0 Å². The number of hydrogen-bond acceptors (Lipinski definition) is 5. The lowest BCUT2D eigenvalue weighted by Crippen LogP contribution is -2.12. The van der Waals surface area contributed by atoms with E-state index in [0.717, 1.165) is 11.3 Å². The quantitative estimate of drug-likeness (QED) is 0.889. The zero-order valence-electron chi connectivity index (χ0n) is 9.09. The van der Waals surface area contributed by atoms with Crippen molar-refractivity contribution in [2.45, 2.75) is 4.21 Å². The molecule has 0 aliphatic heterocycles. The Balaban J connectivity index is 2.39. The first-order valence-electron chi connectivity index (χ1n) is 4.76. The molecule has 0 bridgehead atoms. The van der Waals surface area contributed by atoms with Gasteiger partial charge < -0.3 is 0 Å². The minimum absolute atomic E-state index is 0.00990. The van der Waals surface area contributed by atoms with Crippen molar-refractivity contribution >= 4 is 54.6 Å². The molecule has 0 aliphatic rings. The van der Waals surface area contributed by atoms with Crippen molar-refractivity contribution in [2.75, 3.05) is 4.72 Å². The highest BCUT2D eigenvalue weighted by Crippen LogP contribution is 2.27. The molecule has 0 fully saturated rings. The molecule has 2 rings (SSSR count). The van der Waals surface area contributed by atoms with Crippen LogP contribution in [0.15, 0.2) is 33.1 Å². The molecular formula is C10H5BrClN3O2S2. The van der Waals surface area contributed by atoms with Gasteiger partial charge in [-0.2, -0.15) is 5.26 Å². The van der Waals surface area contributed by atoms with Gasteiger partial charge in [0.05, 0.1) is 17.4 Å². The molecule has 1 heterocycles. The lowest BCUT2D eigenvalue weighted by molar-refractivity contribution is 0.603. The molecule has 0 aliphatic carbocycles. The summed E-state index contributed by atoms with van der Waals surface area (Å²) in [5, 5.41) is 8.98. The van der Waals surface area contributed by atoms with Crippen LogP contribution in [0.1, 0.15) is 5.56 Å². The van der Waals surface area contributed by atoms with Gasteiger partial charge in [0.25, 0.3) is 10.0 Å². The molecule has 0 radical (unpaired) electrons. The first kappa shape index (κ1) is 14.3. The zero-order chi connectivity index (χ0) is 14.0. The molecule has 0 saturated heterocycles. The molecular weight excluding hydrogens is 374 g/mol. The molecule has 1 aromatic carbocycles. The summed E-state index contributed by atoms with van der Waals surface area (Å²) in [4.78, 5) is 3.67. The zero-order valence-corrected chi connectivity index (χ0v) is 13.1. The third-order valence-corrected chi connectivity index (χ3v) is 5.50. The lowest BCUT2D eigenvalue weighted by atomic mass is 10.2. The number of rotatable bonds is 3. The summed E-state index contributed by atoms with van der Waals surface area (Å²) in [6.45, 7) is 0. The topological polar surface area (TPSA) is 82.9 Å². The number of benzene rings is 1. The maximum atomic E-state index is 12.0. The van der Waals surface area contributed by atoms with E-state index in [1.54, 1.807) is 6.07 Å². The van der Waals surface area contributed by atoms with Gasteiger partial charge in [-0.25, -0.2) is 13.4 Å². The van der Waals surface area contributed by atoms with Crippen LogP contribution in [0.4, 0.5) is 5.69 Å². The Bertz CT molecular complexity index is 767. The SMILES string of the molecule is N#Cc1cc(Br)ccc1NS(=O)(=O)c1cnc(Cl)s1. The monoisotopic (exact) mass is 377 g/mol. The van der Waals surface area contributed by atoms with Gasteiger partial charge in [0, 0.05) is 4.47 Å². The molecule has 5 nitrogen and oxygen atoms in total. The van der Waals surface area contributed by atoms with Crippen LogP contribution in [0.5, 0.6) is 0 Å². The maximum Gasteiger partial charge on any atom is 0.273 e. The van der Waals surface area contributed by atoms with E-state index >= 15 is 0 Å². The van der Waals surface area contributed by atoms with Gasteiger partial charge in [0.15, 0.2) is 8.68 Å². The van der Waals surface area contributed by atoms with E-state index in [9.17, 15) is 8.42 Å². The Labute approximate surface area is 127 Å². The summed E-state index contributed by atoms with van der Waals surface area (Å²) < 4.78 is 27.2. The van der Waals surface area contributed by atoms with E-state index < -0.39 is 10.0 Å². The molecule has 19 heavy (non-hydrogen) atoms. The van der Waals surface area contributed by atoms with E-state index in [0.29, 0.717) is 4.47 Å². The fraction of sp³-hybridized carbons (Fsp3) is 0. The first-order chi connectivity index (χ1) is 8.92. The summed E-state index contributed by atoms with van der Waals surface area (Å²) in [6.07, 6.45) is 1.17. The second-order valence-electron chi connectivity index (χ2n) is 3.34. The van der Waals surface area contributed by atoms with Crippen molar-refractivity contribution in [3.63, 3.8) is 0 Å². The van der Waals surface area contributed by atoms with E-state index in [-0.39, 0.29) is 19.9 Å². The van der Waals surface area contributed by atoms with Crippen LogP contribution in [0.25, 0.3) is 0 Å². The molecule has 9 heteroatoms. The number of sulfonamides is 1. The molecule has 98 valence electrons. The van der Waals surface area contributed by atoms with E-state index in [1.165, 1.54) is 18.3 Å². The van der Waals surface area contributed by atoms with E-state index in [2.05, 4.69) is 25.6 Å². The van der Waals surface area contributed by atoms with Crippen molar-refractivity contribution < 1.29 is 8.42 Å². The first-order valence-corrected chi connectivity index (χ1v) is 8.23. The molecule has 0 amide bonds. The van der Waals surface area contributed by atoms with Crippen LogP contribution in [0.2, 0.25) is 4.47 Å². The Kier molecular flexibility index (Phi) is 4.10. The second kappa shape index (κ2) is 5.46. The number of hydrogen-bond donors (Lipinski definition) is 1. The van der Waals surface area contributed by atoms with Gasteiger partial charge in [-0.1, -0.05) is 38.9 Å². The Morgan fingerprint density at radius 1 is 1.47 bits per heavy atom. The van der Waals surface area contributed by atoms with Gasteiger partial charge in [-0.3, -0.25) is 4.72 Å². The van der Waals surface area contributed by atoms with Crippen LogP contribution in [0, 0.1) is 11.3 Å². The Hall–Kier alpha value is -1.14. The fourth-order valence-electron chi connectivity index (χ4n) is 1.26. The van der Waals surface area contributed by atoms with Gasteiger partial charge in [-0.15, -0.1) is 0 Å². The molecule has 0 saturated carbocycles. The average Bonchev–Trinajstić information content (AvgIpc) is 2.79. The van der Waals surface area contributed by atoms with Crippen molar-refractivity contribution in [3.05, 3.63) is 38.9 Å². The van der Waals surface area contributed by atoms with Gasteiger partial charge in [-0.05, 0) is 18.2 Å². The standard InChI is InChI=1S/C10H5BrClN3O2S2/c11-7-1-2-8(6(3-7)4-13)15-19(16,17)9-5-14-10(12)18-9/h1-3,5,15H. The highest BCUT2D eigenvalue weighted by Gasteiger charge is 2.19. The number of thiazole rings is 1. The van der Waals surface area contributed by atoms with Crippen molar-refractivity contribution in [1.82, 2.24) is 4.98 Å². The fourth-order valence-corrected chi connectivity index (χ4v) is 3.99. The summed E-state index contributed by atoms with van der Waals surface area (Å²) in [6, 6.07) is 6.59. The highest BCUT2D eigenvalue weighted by molar-refractivity contribution is 9.10.